The summed E-state index contributed by atoms with van der Waals surface area (Å²) < 4.78 is 0. The van der Waals surface area contributed by atoms with E-state index in [2.05, 4.69) is 6.07 Å². The molecule has 1 N–H and O–H groups in total. The van der Waals surface area contributed by atoms with E-state index in [0.717, 1.165) is 5.56 Å². The van der Waals surface area contributed by atoms with Gasteiger partial charge in [0.2, 0.25) is 0 Å². The molecule has 2 rings (SSSR count). The Morgan fingerprint density at radius 2 is 2.25 bits per heavy atom. The van der Waals surface area contributed by atoms with E-state index in [1.165, 1.54) is 18.4 Å². The maximum absolute atomic E-state index is 11.3. The predicted molar refractivity (Wildman–Crippen MR) is 63.1 cm³/mol. The molecule has 0 unspecified atom stereocenters. The molecule has 0 bridgehead atoms. The van der Waals surface area contributed by atoms with E-state index in [1.807, 2.05) is 18.2 Å². The second kappa shape index (κ2) is 4.79. The molecular formula is C14H18O2. The molecule has 0 amide bonds. The van der Waals surface area contributed by atoms with Gasteiger partial charge in [-0.15, -0.1) is 0 Å². The smallest absolute Gasteiger partial charge is 0.130 e. The van der Waals surface area contributed by atoms with Gasteiger partial charge >= 0.3 is 0 Å². The van der Waals surface area contributed by atoms with Gasteiger partial charge < -0.3 is 9.90 Å². The average molecular weight is 218 g/mol. The van der Waals surface area contributed by atoms with Crippen LogP contribution in [0, 0.1) is 5.92 Å². The van der Waals surface area contributed by atoms with E-state index in [-0.39, 0.29) is 12.4 Å². The van der Waals surface area contributed by atoms with Gasteiger partial charge in [0.05, 0.1) is 6.61 Å². The highest BCUT2D eigenvalue weighted by molar-refractivity contribution is 5.76. The van der Waals surface area contributed by atoms with Gasteiger partial charge in [0.25, 0.3) is 0 Å². The second-order valence-corrected chi connectivity index (χ2v) is 4.75. The largest absolute Gasteiger partial charge is 0.392 e. The molecule has 86 valence electrons. The van der Waals surface area contributed by atoms with Crippen molar-refractivity contribution in [3.8, 4) is 0 Å². The standard InChI is InChI=1S/C14H18O2/c1-10(16)7-14(12-5-6-12)13-4-2-3-11(8-13)9-15/h2-4,8,12,14-15H,5-7,9H2,1H3/t14-/m0/s1. The minimum absolute atomic E-state index is 0.0747. The number of carbonyl (C=O) groups is 1. The van der Waals surface area contributed by atoms with Crippen LogP contribution in [0.3, 0.4) is 0 Å². The van der Waals surface area contributed by atoms with Crippen LogP contribution in [-0.2, 0) is 11.4 Å². The molecule has 2 heteroatoms. The third-order valence-electron chi connectivity index (χ3n) is 3.26. The van der Waals surface area contributed by atoms with Crippen molar-refractivity contribution in [3.63, 3.8) is 0 Å². The van der Waals surface area contributed by atoms with Gasteiger partial charge in [-0.2, -0.15) is 0 Å². The number of hydrogen-bond donors (Lipinski definition) is 1. The minimum atomic E-state index is 0.0747. The summed E-state index contributed by atoms with van der Waals surface area (Å²) in [6, 6.07) is 7.99. The van der Waals surface area contributed by atoms with Gasteiger partial charge in [-0.3, -0.25) is 0 Å². The quantitative estimate of drug-likeness (QED) is 0.825. The fourth-order valence-electron chi connectivity index (χ4n) is 2.29. The fraction of sp³-hybridized carbons (Fsp3) is 0.500. The van der Waals surface area contributed by atoms with Crippen LogP contribution < -0.4 is 0 Å². The zero-order valence-electron chi connectivity index (χ0n) is 9.65. The van der Waals surface area contributed by atoms with E-state index in [0.29, 0.717) is 18.3 Å². The van der Waals surface area contributed by atoms with Gasteiger partial charge in [0.15, 0.2) is 0 Å². The Kier molecular flexibility index (Phi) is 3.39. The van der Waals surface area contributed by atoms with Crippen LogP contribution >= 0.6 is 0 Å². The molecule has 1 aliphatic carbocycles. The van der Waals surface area contributed by atoms with Crippen molar-refractivity contribution in [2.45, 2.75) is 38.7 Å². The lowest BCUT2D eigenvalue weighted by Crippen LogP contribution is -2.07. The Morgan fingerprint density at radius 1 is 1.50 bits per heavy atom. The van der Waals surface area contributed by atoms with Crippen LogP contribution in [0.5, 0.6) is 0 Å². The molecule has 2 nitrogen and oxygen atoms in total. The summed E-state index contributed by atoms with van der Waals surface area (Å²) in [6.45, 7) is 1.73. The highest BCUT2D eigenvalue weighted by Crippen LogP contribution is 2.44. The SMILES string of the molecule is CC(=O)C[C@H](c1cccc(CO)c1)C1CC1. The fourth-order valence-corrected chi connectivity index (χ4v) is 2.29. The van der Waals surface area contributed by atoms with Crippen LogP contribution in [0.4, 0.5) is 0 Å². The first kappa shape index (κ1) is 11.3. The lowest BCUT2D eigenvalue weighted by atomic mass is 9.89. The molecule has 1 aromatic rings. The summed E-state index contributed by atoms with van der Waals surface area (Å²) in [5.74, 6) is 1.30. The predicted octanol–water partition coefficient (Wildman–Crippen LogP) is 2.65. The number of aliphatic hydroxyl groups is 1. The van der Waals surface area contributed by atoms with Gasteiger partial charge in [-0.05, 0) is 42.7 Å². The minimum Gasteiger partial charge on any atom is -0.392 e. The summed E-state index contributed by atoms with van der Waals surface area (Å²) >= 11 is 0. The molecule has 0 spiro atoms. The molecule has 1 aliphatic rings. The van der Waals surface area contributed by atoms with E-state index in [4.69, 9.17) is 5.11 Å². The van der Waals surface area contributed by atoms with E-state index in [1.54, 1.807) is 6.92 Å². The Hall–Kier alpha value is -1.15. The third kappa shape index (κ3) is 2.70. The number of aliphatic hydroxyl groups excluding tert-OH is 1. The molecule has 1 saturated carbocycles. The average Bonchev–Trinajstić information content (AvgIpc) is 3.09. The molecule has 1 atom stereocenters. The summed E-state index contributed by atoms with van der Waals surface area (Å²) in [7, 11) is 0. The lowest BCUT2D eigenvalue weighted by Gasteiger charge is -2.15. The second-order valence-electron chi connectivity index (χ2n) is 4.75. The Balaban J connectivity index is 2.20. The monoisotopic (exact) mass is 218 g/mol. The number of ketones is 1. The van der Waals surface area contributed by atoms with Gasteiger partial charge in [-0.1, -0.05) is 24.3 Å². The molecule has 1 fully saturated rings. The molecule has 0 aromatic heterocycles. The van der Waals surface area contributed by atoms with E-state index >= 15 is 0 Å². The summed E-state index contributed by atoms with van der Waals surface area (Å²) in [4.78, 5) is 11.3. The normalized spacial score (nSPS) is 17.1. The molecule has 0 radical (unpaired) electrons. The van der Waals surface area contributed by atoms with Gasteiger partial charge in [0.1, 0.15) is 5.78 Å². The maximum atomic E-state index is 11.3. The van der Waals surface area contributed by atoms with Crippen LogP contribution in [0.2, 0.25) is 0 Å². The summed E-state index contributed by atoms with van der Waals surface area (Å²) in [6.07, 6.45) is 3.11. The Bertz CT molecular complexity index is 380. The molecule has 0 saturated heterocycles. The third-order valence-corrected chi connectivity index (χ3v) is 3.26. The van der Waals surface area contributed by atoms with Crippen molar-refractivity contribution in [2.24, 2.45) is 5.92 Å². The molecule has 0 aliphatic heterocycles. The van der Waals surface area contributed by atoms with E-state index in [9.17, 15) is 4.79 Å². The Morgan fingerprint density at radius 3 is 2.81 bits per heavy atom. The summed E-state index contributed by atoms with van der Waals surface area (Å²) in [5.41, 5.74) is 2.15. The highest BCUT2D eigenvalue weighted by Gasteiger charge is 2.32. The van der Waals surface area contributed by atoms with Gasteiger partial charge in [-0.25, -0.2) is 0 Å². The summed E-state index contributed by atoms with van der Waals surface area (Å²) in [5, 5.41) is 9.11. The van der Waals surface area contributed by atoms with Crippen LogP contribution in [0.25, 0.3) is 0 Å². The first-order valence-electron chi connectivity index (χ1n) is 5.90. The topological polar surface area (TPSA) is 37.3 Å². The first-order valence-corrected chi connectivity index (χ1v) is 5.90. The van der Waals surface area contributed by atoms with Crippen molar-refractivity contribution in [1.82, 2.24) is 0 Å². The number of benzene rings is 1. The van der Waals surface area contributed by atoms with Crippen molar-refractivity contribution in [2.75, 3.05) is 0 Å². The highest BCUT2D eigenvalue weighted by atomic mass is 16.3. The molecule has 16 heavy (non-hydrogen) atoms. The lowest BCUT2D eigenvalue weighted by molar-refractivity contribution is -0.117. The van der Waals surface area contributed by atoms with Crippen LogP contribution in [0.15, 0.2) is 24.3 Å². The number of Topliss-reactive ketones (excluding diaryl/α,β-unsaturated/α-hetero) is 1. The number of carbonyl (C=O) groups excluding carboxylic acids is 1. The van der Waals surface area contributed by atoms with Crippen molar-refractivity contribution in [3.05, 3.63) is 35.4 Å². The Labute approximate surface area is 96.3 Å². The molecular weight excluding hydrogens is 200 g/mol. The first-order chi connectivity index (χ1) is 7.70. The maximum Gasteiger partial charge on any atom is 0.130 e. The molecule has 1 aromatic carbocycles. The zero-order valence-corrected chi connectivity index (χ0v) is 9.65. The van der Waals surface area contributed by atoms with Crippen LogP contribution in [-0.4, -0.2) is 10.9 Å². The van der Waals surface area contributed by atoms with Crippen LogP contribution in [0.1, 0.15) is 43.2 Å². The zero-order chi connectivity index (χ0) is 11.5. The molecule has 0 heterocycles. The van der Waals surface area contributed by atoms with Crippen molar-refractivity contribution in [1.29, 1.82) is 0 Å². The van der Waals surface area contributed by atoms with Crippen molar-refractivity contribution >= 4 is 5.78 Å². The van der Waals surface area contributed by atoms with E-state index < -0.39 is 0 Å². The number of rotatable bonds is 5. The van der Waals surface area contributed by atoms with Gasteiger partial charge in [0, 0.05) is 6.42 Å². The van der Waals surface area contributed by atoms with Crippen molar-refractivity contribution < 1.29 is 9.90 Å². The number of hydrogen-bond acceptors (Lipinski definition) is 2.